The fourth-order valence-electron chi connectivity index (χ4n) is 4.55. The van der Waals surface area contributed by atoms with Gasteiger partial charge in [-0.25, -0.2) is 4.98 Å². The van der Waals surface area contributed by atoms with E-state index >= 15 is 0 Å². The Kier molecular flexibility index (Phi) is 4.92. The van der Waals surface area contributed by atoms with Gasteiger partial charge in [0.25, 0.3) is 0 Å². The molecule has 0 aliphatic heterocycles. The van der Waals surface area contributed by atoms with Crippen LogP contribution < -0.4 is 0 Å². The first-order chi connectivity index (χ1) is 17.2. The van der Waals surface area contributed by atoms with Crippen LogP contribution in [0.5, 0.6) is 0 Å². The summed E-state index contributed by atoms with van der Waals surface area (Å²) >= 11 is 1.48. The van der Waals surface area contributed by atoms with Crippen LogP contribution in [0, 0.1) is 5.41 Å². The van der Waals surface area contributed by atoms with Gasteiger partial charge < -0.3 is 0 Å². The number of ketones is 2. The van der Waals surface area contributed by atoms with Crippen molar-refractivity contribution in [3.05, 3.63) is 95.3 Å². The lowest BCUT2D eigenvalue weighted by Crippen LogP contribution is -2.27. The molecular formula is C30H22N2O3S. The van der Waals surface area contributed by atoms with E-state index in [1.54, 1.807) is 16.7 Å². The van der Waals surface area contributed by atoms with E-state index in [-0.39, 0.29) is 23.0 Å². The fourth-order valence-corrected chi connectivity index (χ4v) is 5.58. The Bertz CT molecular complexity index is 1710. The summed E-state index contributed by atoms with van der Waals surface area (Å²) in [5.41, 5.74) is 1.83. The predicted molar refractivity (Wildman–Crippen MR) is 144 cm³/mol. The summed E-state index contributed by atoms with van der Waals surface area (Å²) in [6, 6.07) is 23.0. The predicted octanol–water partition coefficient (Wildman–Crippen LogP) is 7.07. The highest BCUT2D eigenvalue weighted by atomic mass is 32.1. The van der Waals surface area contributed by atoms with Crippen LogP contribution in [0.15, 0.2) is 78.4 Å². The monoisotopic (exact) mass is 490 g/mol. The number of Topliss-reactive ketones (excluding diaryl/α,β-unsaturated/α-hetero) is 2. The van der Waals surface area contributed by atoms with E-state index < -0.39 is 5.41 Å². The summed E-state index contributed by atoms with van der Waals surface area (Å²) in [5, 5.41) is 1.80. The molecule has 0 atom stereocenters. The average molecular weight is 491 g/mol. The summed E-state index contributed by atoms with van der Waals surface area (Å²) in [7, 11) is 0. The Morgan fingerprint density at radius 2 is 1.44 bits per heavy atom. The van der Waals surface area contributed by atoms with Crippen LogP contribution in [-0.4, -0.2) is 27.0 Å². The van der Waals surface area contributed by atoms with Crippen LogP contribution in [0.3, 0.4) is 0 Å². The Morgan fingerprint density at radius 3 is 2.03 bits per heavy atom. The Labute approximate surface area is 211 Å². The van der Waals surface area contributed by atoms with Crippen LogP contribution in [0.2, 0.25) is 0 Å². The number of carbonyl (C=O) groups is 3. The second-order valence-corrected chi connectivity index (χ2v) is 11.0. The Morgan fingerprint density at radius 1 is 0.861 bits per heavy atom. The first-order valence-electron chi connectivity index (χ1n) is 11.7. The van der Waals surface area contributed by atoms with Gasteiger partial charge in [-0.1, -0.05) is 75.4 Å². The molecule has 0 spiro atoms. The molecule has 2 aromatic heterocycles. The van der Waals surface area contributed by atoms with Crippen molar-refractivity contribution < 1.29 is 14.4 Å². The van der Waals surface area contributed by atoms with Crippen LogP contribution in [0.25, 0.3) is 37.6 Å². The molecule has 3 aromatic carbocycles. The largest absolute Gasteiger partial charge is 0.288 e. The molecule has 0 fully saturated rings. The number of nitrogens with zero attached hydrogens (tertiary/aromatic N) is 2. The van der Waals surface area contributed by atoms with Crippen LogP contribution >= 0.6 is 11.3 Å². The van der Waals surface area contributed by atoms with Crippen LogP contribution in [0.4, 0.5) is 0 Å². The summed E-state index contributed by atoms with van der Waals surface area (Å²) in [6.07, 6.45) is 1.48. The molecule has 5 aromatic rings. The van der Waals surface area contributed by atoms with Gasteiger partial charge >= 0.3 is 0 Å². The number of aromatic nitrogens is 2. The Hall–Kier alpha value is -4.16. The maximum absolute atomic E-state index is 13.6. The standard InChI is InChI=1S/C30H22N2O3S/c1-30(2,3)29(35)32-23-16-24(17-9-5-4-6-10-17)36-28(23)31-25(32)15-22-26(33)20-13-18-11-7-8-12-19(18)14-21(20)27(22)34/h4-16H,1-3H3. The summed E-state index contributed by atoms with van der Waals surface area (Å²) in [5.74, 6) is -0.543. The number of fused-ring (bicyclic) bond motifs is 3. The number of hydrogen-bond donors (Lipinski definition) is 0. The third-order valence-electron chi connectivity index (χ3n) is 6.42. The van der Waals surface area contributed by atoms with Crippen LogP contribution in [0.1, 0.15) is 52.1 Å². The molecule has 5 nitrogen and oxygen atoms in total. The number of thiophene rings is 1. The fraction of sp³-hybridized carbons (Fsp3) is 0.133. The van der Waals surface area contributed by atoms with E-state index in [4.69, 9.17) is 4.98 Å². The number of rotatable bonds is 2. The lowest BCUT2D eigenvalue weighted by Gasteiger charge is -2.18. The Balaban J connectivity index is 1.52. The minimum absolute atomic E-state index is 0.0317. The summed E-state index contributed by atoms with van der Waals surface area (Å²) in [6.45, 7) is 5.53. The average Bonchev–Trinajstić information content (AvgIpc) is 3.49. The first-order valence-corrected chi connectivity index (χ1v) is 12.5. The van der Waals surface area contributed by atoms with Gasteiger partial charge in [-0.2, -0.15) is 0 Å². The normalized spacial score (nSPS) is 13.6. The highest BCUT2D eigenvalue weighted by Gasteiger charge is 2.35. The number of carbonyl (C=O) groups excluding carboxylic acids is 3. The molecule has 176 valence electrons. The zero-order valence-electron chi connectivity index (χ0n) is 20.0. The molecule has 0 unspecified atom stereocenters. The molecule has 6 rings (SSSR count). The minimum Gasteiger partial charge on any atom is -0.288 e. The van der Waals surface area contributed by atoms with Crippen molar-refractivity contribution in [3.8, 4) is 10.4 Å². The SMILES string of the molecule is CC(C)(C)C(=O)n1c(C=C2C(=O)c3cc4ccccc4cc3C2=O)nc2sc(-c3ccccc3)cc21. The number of imidazole rings is 1. The quantitative estimate of drug-likeness (QED) is 0.196. The van der Waals surface area contributed by atoms with Crippen molar-refractivity contribution in [2.75, 3.05) is 0 Å². The van der Waals surface area contributed by atoms with E-state index in [9.17, 15) is 14.4 Å². The van der Waals surface area contributed by atoms with Gasteiger partial charge in [0.1, 0.15) is 10.7 Å². The van der Waals surface area contributed by atoms with Crippen molar-refractivity contribution in [3.63, 3.8) is 0 Å². The van der Waals surface area contributed by atoms with Crippen LogP contribution in [-0.2, 0) is 0 Å². The van der Waals surface area contributed by atoms with Crippen molar-refractivity contribution in [2.45, 2.75) is 20.8 Å². The topological polar surface area (TPSA) is 69.0 Å². The van der Waals surface area contributed by atoms with Gasteiger partial charge in [0, 0.05) is 21.4 Å². The molecule has 36 heavy (non-hydrogen) atoms. The molecule has 2 heterocycles. The van der Waals surface area contributed by atoms with Crippen molar-refractivity contribution in [1.82, 2.24) is 9.55 Å². The maximum Gasteiger partial charge on any atom is 0.238 e. The number of allylic oxidation sites excluding steroid dienone is 1. The van der Waals surface area contributed by atoms with Crippen molar-refractivity contribution in [2.24, 2.45) is 5.41 Å². The van der Waals surface area contributed by atoms with E-state index in [0.717, 1.165) is 21.2 Å². The molecule has 0 radical (unpaired) electrons. The highest BCUT2D eigenvalue weighted by Crippen LogP contribution is 2.37. The van der Waals surface area contributed by atoms with E-state index in [2.05, 4.69) is 0 Å². The molecular weight excluding hydrogens is 468 g/mol. The molecule has 0 bridgehead atoms. The van der Waals surface area contributed by atoms with Gasteiger partial charge in [-0.05, 0) is 40.6 Å². The molecule has 1 aliphatic rings. The van der Waals surface area contributed by atoms with Gasteiger partial charge in [0.15, 0.2) is 11.6 Å². The van der Waals surface area contributed by atoms with E-state index in [1.165, 1.54) is 17.4 Å². The molecule has 0 N–H and O–H groups in total. The number of hydrogen-bond acceptors (Lipinski definition) is 5. The lowest BCUT2D eigenvalue weighted by atomic mass is 9.95. The molecule has 0 amide bonds. The highest BCUT2D eigenvalue weighted by molar-refractivity contribution is 7.21. The summed E-state index contributed by atoms with van der Waals surface area (Å²) < 4.78 is 1.55. The lowest BCUT2D eigenvalue weighted by molar-refractivity contribution is 0.0770. The van der Waals surface area contributed by atoms with Gasteiger partial charge in [-0.3, -0.25) is 19.0 Å². The van der Waals surface area contributed by atoms with Gasteiger partial charge in [0.2, 0.25) is 5.91 Å². The first kappa shape index (κ1) is 22.3. The third kappa shape index (κ3) is 3.45. The summed E-state index contributed by atoms with van der Waals surface area (Å²) in [4.78, 5) is 46.6. The molecule has 0 saturated carbocycles. The van der Waals surface area contributed by atoms with E-state index in [0.29, 0.717) is 27.3 Å². The minimum atomic E-state index is -0.694. The van der Waals surface area contributed by atoms with Gasteiger partial charge in [0.05, 0.1) is 11.1 Å². The maximum atomic E-state index is 13.6. The molecule has 6 heteroatoms. The second-order valence-electron chi connectivity index (χ2n) is 9.99. The van der Waals surface area contributed by atoms with Gasteiger partial charge in [-0.15, -0.1) is 11.3 Å². The zero-order valence-corrected chi connectivity index (χ0v) is 20.8. The van der Waals surface area contributed by atoms with Crippen molar-refractivity contribution in [1.29, 1.82) is 0 Å². The zero-order chi connectivity index (χ0) is 25.2. The number of benzene rings is 3. The smallest absolute Gasteiger partial charge is 0.238 e. The third-order valence-corrected chi connectivity index (χ3v) is 7.49. The molecule has 0 saturated heterocycles. The van der Waals surface area contributed by atoms with Crippen molar-refractivity contribution >= 4 is 56.0 Å². The second kappa shape index (κ2) is 7.93. The molecule has 1 aliphatic carbocycles. The van der Waals surface area contributed by atoms with E-state index in [1.807, 2.05) is 81.4 Å².